The van der Waals surface area contributed by atoms with Gasteiger partial charge in [-0.1, -0.05) is 0 Å². The minimum atomic E-state index is -0.620. The third-order valence-corrected chi connectivity index (χ3v) is 5.87. The molecule has 0 saturated heterocycles. The molecule has 2 aromatic heterocycles. The quantitative estimate of drug-likeness (QED) is 0.401. The number of carbonyl (C=O) groups is 2. The number of hydrogen-bond donors (Lipinski definition) is 1. The van der Waals surface area contributed by atoms with E-state index in [1.165, 1.54) is 41.2 Å². The fourth-order valence-corrected chi connectivity index (χ4v) is 4.20. The van der Waals surface area contributed by atoms with Crippen molar-refractivity contribution >= 4 is 33.9 Å². The molecule has 4 rings (SSSR count). The lowest BCUT2D eigenvalue weighted by molar-refractivity contribution is 0.0526. The predicted octanol–water partition coefficient (Wildman–Crippen LogP) is 3.87. The lowest BCUT2D eigenvalue weighted by Crippen LogP contribution is -2.26. The van der Waals surface area contributed by atoms with Gasteiger partial charge in [-0.2, -0.15) is 0 Å². The van der Waals surface area contributed by atoms with Crippen molar-refractivity contribution in [3.63, 3.8) is 0 Å². The second-order valence-electron chi connectivity index (χ2n) is 7.03. The summed E-state index contributed by atoms with van der Waals surface area (Å²) in [5.74, 6) is 0.0667. The smallest absolute Gasteiger partial charge is 0.338 e. The predicted molar refractivity (Wildman–Crippen MR) is 128 cm³/mol. The Balaban J connectivity index is 1.69. The van der Waals surface area contributed by atoms with Crippen LogP contribution in [0.1, 0.15) is 27.6 Å². The van der Waals surface area contributed by atoms with Crippen LogP contribution in [0.2, 0.25) is 0 Å². The lowest BCUT2D eigenvalue weighted by atomic mass is 10.1. The van der Waals surface area contributed by atoms with Gasteiger partial charge in [0.25, 0.3) is 11.5 Å². The largest absolute Gasteiger partial charge is 0.497 e. The number of carbonyl (C=O) groups excluding carboxylic acids is 2. The Hall–Kier alpha value is -4.18. The SMILES string of the molecule is CCOC(=O)c1ccc(NC(=O)c2cnc3scc(-c4cc(OC)ccc4OC)n3c2=O)cc1. The average molecular weight is 480 g/mol. The van der Waals surface area contributed by atoms with Crippen molar-refractivity contribution in [2.45, 2.75) is 6.92 Å². The summed E-state index contributed by atoms with van der Waals surface area (Å²) in [6, 6.07) is 11.4. The van der Waals surface area contributed by atoms with Crippen molar-refractivity contribution in [1.82, 2.24) is 9.38 Å². The molecule has 0 radical (unpaired) electrons. The van der Waals surface area contributed by atoms with Crippen LogP contribution >= 0.6 is 11.3 Å². The Labute approximate surface area is 198 Å². The maximum Gasteiger partial charge on any atom is 0.338 e. The number of rotatable bonds is 7. The summed E-state index contributed by atoms with van der Waals surface area (Å²) in [6.45, 7) is 1.99. The zero-order chi connectivity index (χ0) is 24.2. The van der Waals surface area contributed by atoms with Gasteiger partial charge in [-0.05, 0) is 49.4 Å². The van der Waals surface area contributed by atoms with E-state index in [-0.39, 0.29) is 12.2 Å². The highest BCUT2D eigenvalue weighted by Crippen LogP contribution is 2.35. The van der Waals surface area contributed by atoms with E-state index in [4.69, 9.17) is 14.2 Å². The summed E-state index contributed by atoms with van der Waals surface area (Å²) in [7, 11) is 3.08. The number of fused-ring (bicyclic) bond motifs is 1. The number of ether oxygens (including phenoxy) is 3. The van der Waals surface area contributed by atoms with Crippen LogP contribution in [0.4, 0.5) is 5.69 Å². The van der Waals surface area contributed by atoms with E-state index in [2.05, 4.69) is 10.3 Å². The minimum Gasteiger partial charge on any atom is -0.497 e. The molecule has 0 aliphatic heterocycles. The molecule has 0 fully saturated rings. The molecule has 0 aliphatic carbocycles. The first-order chi connectivity index (χ1) is 16.5. The van der Waals surface area contributed by atoms with Crippen molar-refractivity contribution in [2.75, 3.05) is 26.1 Å². The molecule has 0 spiro atoms. The van der Waals surface area contributed by atoms with Crippen LogP contribution in [0, 0.1) is 0 Å². The zero-order valence-corrected chi connectivity index (χ0v) is 19.5. The third kappa shape index (κ3) is 4.35. The molecule has 34 heavy (non-hydrogen) atoms. The summed E-state index contributed by atoms with van der Waals surface area (Å²) in [5, 5.41) is 4.44. The maximum atomic E-state index is 13.3. The molecule has 1 amide bonds. The Morgan fingerprint density at radius 1 is 1.09 bits per heavy atom. The van der Waals surface area contributed by atoms with Gasteiger partial charge in [0.1, 0.15) is 17.1 Å². The molecule has 9 nitrogen and oxygen atoms in total. The second kappa shape index (κ2) is 9.75. The van der Waals surface area contributed by atoms with Crippen LogP contribution in [0.5, 0.6) is 11.5 Å². The van der Waals surface area contributed by atoms with Crippen LogP contribution in [-0.2, 0) is 4.74 Å². The molecule has 0 unspecified atom stereocenters. The maximum absolute atomic E-state index is 13.3. The Bertz CT molecular complexity index is 1430. The molecule has 0 bridgehead atoms. The fourth-order valence-electron chi connectivity index (χ4n) is 3.35. The van der Waals surface area contributed by atoms with E-state index >= 15 is 0 Å². The molecule has 0 aliphatic rings. The number of benzene rings is 2. The topological polar surface area (TPSA) is 108 Å². The first-order valence-corrected chi connectivity index (χ1v) is 11.1. The van der Waals surface area contributed by atoms with Gasteiger partial charge in [0.15, 0.2) is 4.96 Å². The summed E-state index contributed by atoms with van der Waals surface area (Å²) in [5.41, 5.74) is 1.28. The van der Waals surface area contributed by atoms with E-state index in [9.17, 15) is 14.4 Å². The zero-order valence-electron chi connectivity index (χ0n) is 18.7. The average Bonchev–Trinajstić information content (AvgIpc) is 3.29. The second-order valence-corrected chi connectivity index (χ2v) is 7.87. The Morgan fingerprint density at radius 2 is 1.85 bits per heavy atom. The van der Waals surface area contributed by atoms with Gasteiger partial charge in [0.2, 0.25) is 0 Å². The van der Waals surface area contributed by atoms with E-state index in [0.29, 0.717) is 39.0 Å². The number of nitrogens with one attached hydrogen (secondary N) is 1. The first-order valence-electron chi connectivity index (χ1n) is 10.3. The van der Waals surface area contributed by atoms with Crippen LogP contribution < -0.4 is 20.3 Å². The summed E-state index contributed by atoms with van der Waals surface area (Å²) < 4.78 is 17.1. The number of hydrogen-bond acceptors (Lipinski definition) is 8. The van der Waals surface area contributed by atoms with E-state index in [1.807, 2.05) is 0 Å². The van der Waals surface area contributed by atoms with Gasteiger partial charge in [-0.25, -0.2) is 9.78 Å². The van der Waals surface area contributed by atoms with Crippen LogP contribution in [0.15, 0.2) is 58.8 Å². The summed E-state index contributed by atoms with van der Waals surface area (Å²) in [4.78, 5) is 42.7. The highest BCUT2D eigenvalue weighted by Gasteiger charge is 2.19. The molecular weight excluding hydrogens is 458 g/mol. The normalized spacial score (nSPS) is 10.7. The van der Waals surface area contributed by atoms with Gasteiger partial charge in [-0.15, -0.1) is 11.3 Å². The van der Waals surface area contributed by atoms with Crippen molar-refractivity contribution in [3.05, 3.63) is 75.5 Å². The van der Waals surface area contributed by atoms with Crippen molar-refractivity contribution < 1.29 is 23.8 Å². The molecule has 2 heterocycles. The summed E-state index contributed by atoms with van der Waals surface area (Å²) in [6.07, 6.45) is 1.25. The molecule has 0 saturated carbocycles. The number of amides is 1. The number of anilines is 1. The monoisotopic (exact) mass is 479 g/mol. The Morgan fingerprint density at radius 3 is 2.53 bits per heavy atom. The molecule has 174 valence electrons. The van der Waals surface area contributed by atoms with Crippen molar-refractivity contribution in [1.29, 1.82) is 0 Å². The van der Waals surface area contributed by atoms with Crippen LogP contribution in [0.25, 0.3) is 16.2 Å². The lowest BCUT2D eigenvalue weighted by Gasteiger charge is -2.11. The highest BCUT2D eigenvalue weighted by molar-refractivity contribution is 7.15. The molecule has 2 aromatic carbocycles. The number of thiazole rings is 1. The van der Waals surface area contributed by atoms with Gasteiger partial charge in [0, 0.05) is 22.8 Å². The summed E-state index contributed by atoms with van der Waals surface area (Å²) >= 11 is 1.27. The van der Waals surface area contributed by atoms with Gasteiger partial charge in [-0.3, -0.25) is 14.0 Å². The number of esters is 1. The first kappa shape index (κ1) is 23.0. The van der Waals surface area contributed by atoms with E-state index in [0.717, 1.165) is 0 Å². The van der Waals surface area contributed by atoms with Crippen molar-refractivity contribution in [2.24, 2.45) is 0 Å². The number of nitrogens with zero attached hydrogens (tertiary/aromatic N) is 2. The Kier molecular flexibility index (Phi) is 6.60. The number of methoxy groups -OCH3 is 2. The fraction of sp³-hybridized carbons (Fsp3) is 0.167. The molecule has 1 N–H and O–H groups in total. The van der Waals surface area contributed by atoms with Crippen LogP contribution in [0.3, 0.4) is 0 Å². The molecule has 4 aromatic rings. The van der Waals surface area contributed by atoms with Gasteiger partial charge >= 0.3 is 5.97 Å². The van der Waals surface area contributed by atoms with E-state index < -0.39 is 17.4 Å². The standard InChI is InChI=1S/C24H21N3O6S/c1-4-33-23(30)14-5-7-15(8-6-14)26-21(28)18-12-25-24-27(22(18)29)19(13-34-24)17-11-16(31-2)9-10-20(17)32-3/h5-13H,4H2,1-3H3,(H,26,28). The van der Waals surface area contributed by atoms with E-state index in [1.54, 1.807) is 49.7 Å². The molecule has 0 atom stereocenters. The van der Waals surface area contributed by atoms with Crippen molar-refractivity contribution in [3.8, 4) is 22.8 Å². The highest BCUT2D eigenvalue weighted by atomic mass is 32.1. The number of aromatic nitrogens is 2. The third-order valence-electron chi connectivity index (χ3n) is 5.03. The molecule has 10 heteroatoms. The van der Waals surface area contributed by atoms with Gasteiger partial charge < -0.3 is 19.5 Å². The minimum absolute atomic E-state index is 0.131. The molecular formula is C24H21N3O6S. The van der Waals surface area contributed by atoms with Crippen LogP contribution in [-0.4, -0.2) is 42.1 Å². The van der Waals surface area contributed by atoms with Gasteiger partial charge in [0.05, 0.1) is 32.1 Å².